The average Bonchev–Trinajstić information content (AvgIpc) is 3.17. The van der Waals surface area contributed by atoms with Gasteiger partial charge in [0, 0.05) is 39.3 Å². The molecule has 1 fully saturated rings. The molecule has 1 aromatic heterocycles. The van der Waals surface area contributed by atoms with Crippen LogP contribution in [0.1, 0.15) is 22.5 Å². The summed E-state index contributed by atoms with van der Waals surface area (Å²) in [6.07, 6.45) is 2.14. The fraction of sp³-hybridized carbons (Fsp3) is 0.100. The number of hydrogen-bond acceptors (Lipinski definition) is 2. The number of carbonyl (C=O) groups is 2. The number of halogens is 2. The van der Waals surface area contributed by atoms with Gasteiger partial charge in [0.05, 0.1) is 5.02 Å². The van der Waals surface area contributed by atoms with Gasteiger partial charge in [-0.05, 0) is 36.8 Å². The number of aromatic carboxylic acids is 1. The first kappa shape index (κ1) is 21.0. The van der Waals surface area contributed by atoms with E-state index in [9.17, 15) is 14.7 Å². The van der Waals surface area contributed by atoms with E-state index in [1.807, 2.05) is 30.3 Å². The number of aromatic nitrogens is 1. The summed E-state index contributed by atoms with van der Waals surface area (Å²) in [6.45, 7) is 0.541. The minimum atomic E-state index is -1.13. The van der Waals surface area contributed by atoms with E-state index in [0.717, 1.165) is 5.69 Å². The second kappa shape index (κ2) is 8.31. The SMILES string of the molecule is O=C(O)c1[nH]c2cc(Cl)cc(Cl)c2c1C=C1CCN(c2ccccc2)C1=O.[NaH]. The third kappa shape index (κ3) is 3.73. The summed E-state index contributed by atoms with van der Waals surface area (Å²) in [5, 5.41) is 10.8. The summed E-state index contributed by atoms with van der Waals surface area (Å²) < 4.78 is 0. The monoisotopic (exact) mass is 424 g/mol. The zero-order chi connectivity index (χ0) is 19.1. The van der Waals surface area contributed by atoms with Gasteiger partial charge in [-0.25, -0.2) is 4.79 Å². The topological polar surface area (TPSA) is 73.4 Å². The maximum absolute atomic E-state index is 12.8. The first-order valence-electron chi connectivity index (χ1n) is 8.27. The predicted molar refractivity (Wildman–Crippen MR) is 114 cm³/mol. The fourth-order valence-electron chi connectivity index (χ4n) is 3.36. The molecule has 138 valence electrons. The van der Waals surface area contributed by atoms with Crippen LogP contribution in [0.4, 0.5) is 5.69 Å². The molecule has 0 atom stereocenters. The Morgan fingerprint density at radius 3 is 2.57 bits per heavy atom. The number of rotatable bonds is 3. The van der Waals surface area contributed by atoms with E-state index in [2.05, 4.69) is 4.98 Å². The summed E-state index contributed by atoms with van der Waals surface area (Å²) in [5.74, 6) is -1.27. The molecule has 0 spiro atoms. The van der Waals surface area contributed by atoms with E-state index in [4.69, 9.17) is 23.2 Å². The van der Waals surface area contributed by atoms with E-state index >= 15 is 0 Å². The summed E-state index contributed by atoms with van der Waals surface area (Å²) >= 11 is 12.3. The van der Waals surface area contributed by atoms with Crippen LogP contribution in [0, 0.1) is 0 Å². The Bertz CT molecular complexity index is 1110. The number of hydrogen-bond donors (Lipinski definition) is 2. The molecule has 4 rings (SSSR count). The van der Waals surface area contributed by atoms with E-state index in [1.165, 1.54) is 0 Å². The molecule has 0 bridgehead atoms. The number of carboxylic acids is 1. The van der Waals surface area contributed by atoms with E-state index in [1.54, 1.807) is 23.1 Å². The third-order valence-electron chi connectivity index (χ3n) is 4.58. The number of para-hydroxylation sites is 1. The molecule has 0 aliphatic carbocycles. The molecule has 28 heavy (non-hydrogen) atoms. The van der Waals surface area contributed by atoms with Gasteiger partial charge >= 0.3 is 35.5 Å². The zero-order valence-corrected chi connectivity index (χ0v) is 15.5. The Kier molecular flexibility index (Phi) is 6.22. The van der Waals surface area contributed by atoms with Crippen LogP contribution >= 0.6 is 23.2 Å². The molecule has 1 saturated heterocycles. The summed E-state index contributed by atoms with van der Waals surface area (Å²) in [7, 11) is 0. The number of amides is 1. The van der Waals surface area contributed by atoms with Crippen molar-refractivity contribution >= 4 is 87.3 Å². The molecule has 0 saturated carbocycles. The number of benzene rings is 2. The van der Waals surface area contributed by atoms with E-state index < -0.39 is 5.97 Å². The van der Waals surface area contributed by atoms with Crippen molar-refractivity contribution in [3.05, 3.63) is 69.3 Å². The number of aromatic amines is 1. The molecule has 2 aromatic carbocycles. The quantitative estimate of drug-likeness (QED) is 0.484. The minimum absolute atomic E-state index is 0. The second-order valence-electron chi connectivity index (χ2n) is 6.24. The van der Waals surface area contributed by atoms with E-state index in [0.29, 0.717) is 45.1 Å². The van der Waals surface area contributed by atoms with Crippen molar-refractivity contribution in [2.24, 2.45) is 0 Å². The van der Waals surface area contributed by atoms with Gasteiger partial charge in [-0.3, -0.25) is 4.79 Å². The normalized spacial score (nSPS) is 15.3. The first-order valence-corrected chi connectivity index (χ1v) is 9.03. The molecule has 0 radical (unpaired) electrons. The van der Waals surface area contributed by atoms with Gasteiger partial charge in [0.15, 0.2) is 0 Å². The van der Waals surface area contributed by atoms with Crippen LogP contribution < -0.4 is 4.90 Å². The van der Waals surface area contributed by atoms with Crippen LogP contribution in [-0.2, 0) is 4.79 Å². The number of nitrogens with one attached hydrogen (secondary N) is 1. The van der Waals surface area contributed by atoms with Crippen LogP contribution in [0.15, 0.2) is 48.0 Å². The molecule has 8 heteroatoms. The Hall–Kier alpha value is -1.76. The van der Waals surface area contributed by atoms with Gasteiger partial charge in [-0.2, -0.15) is 0 Å². The van der Waals surface area contributed by atoms with Crippen LogP contribution in [-0.4, -0.2) is 58.1 Å². The van der Waals surface area contributed by atoms with Crippen LogP contribution in [0.3, 0.4) is 0 Å². The van der Waals surface area contributed by atoms with Crippen LogP contribution in [0.2, 0.25) is 10.0 Å². The zero-order valence-electron chi connectivity index (χ0n) is 14.0. The molecular formula is C20H15Cl2N2NaO3. The Morgan fingerprint density at radius 2 is 1.89 bits per heavy atom. The van der Waals surface area contributed by atoms with Crippen molar-refractivity contribution in [1.82, 2.24) is 4.98 Å². The molecule has 2 N–H and O–H groups in total. The number of anilines is 1. The van der Waals surface area contributed by atoms with Crippen molar-refractivity contribution in [1.29, 1.82) is 0 Å². The van der Waals surface area contributed by atoms with Gasteiger partial charge < -0.3 is 15.0 Å². The first-order chi connectivity index (χ1) is 13.0. The van der Waals surface area contributed by atoms with Crippen molar-refractivity contribution in [2.75, 3.05) is 11.4 Å². The molecule has 0 unspecified atom stereocenters. The Morgan fingerprint density at radius 1 is 1.18 bits per heavy atom. The molecule has 1 aliphatic heterocycles. The summed E-state index contributed by atoms with van der Waals surface area (Å²) in [5.41, 5.74) is 2.23. The number of carbonyl (C=O) groups excluding carboxylic acids is 1. The molecule has 1 aliphatic rings. The molecular weight excluding hydrogens is 410 g/mol. The van der Waals surface area contributed by atoms with Gasteiger partial charge in [-0.15, -0.1) is 0 Å². The van der Waals surface area contributed by atoms with Crippen molar-refractivity contribution in [2.45, 2.75) is 6.42 Å². The Balaban J connectivity index is 0.00000225. The number of fused-ring (bicyclic) bond motifs is 1. The standard InChI is InChI=1S/C20H14Cl2N2O3.Na.H/c21-12-9-15(22)17-14(18(20(26)27)23-16(17)10-12)8-11-6-7-24(19(11)25)13-4-2-1-3-5-13;;/h1-5,8-10,23H,6-7H2,(H,26,27);;. The van der Waals surface area contributed by atoms with Gasteiger partial charge in [0.2, 0.25) is 0 Å². The van der Waals surface area contributed by atoms with Gasteiger partial charge in [-0.1, -0.05) is 41.4 Å². The Labute approximate surface area is 193 Å². The average molecular weight is 425 g/mol. The summed E-state index contributed by atoms with van der Waals surface area (Å²) in [6, 6.07) is 12.5. The van der Waals surface area contributed by atoms with Crippen molar-refractivity contribution < 1.29 is 14.7 Å². The predicted octanol–water partition coefficient (Wildman–Crippen LogP) is 4.34. The van der Waals surface area contributed by atoms with E-state index in [-0.39, 0.29) is 41.2 Å². The number of carboxylic acid groups (broad SMARTS) is 1. The molecule has 5 nitrogen and oxygen atoms in total. The van der Waals surface area contributed by atoms with Crippen LogP contribution in [0.25, 0.3) is 17.0 Å². The number of H-pyrrole nitrogens is 1. The third-order valence-corrected chi connectivity index (χ3v) is 5.09. The maximum atomic E-state index is 12.8. The molecule has 1 amide bonds. The summed E-state index contributed by atoms with van der Waals surface area (Å²) in [4.78, 5) is 29.1. The molecule has 3 aromatic rings. The van der Waals surface area contributed by atoms with Crippen molar-refractivity contribution in [3.8, 4) is 0 Å². The fourth-order valence-corrected chi connectivity index (χ4v) is 3.96. The molecule has 2 heterocycles. The van der Waals surface area contributed by atoms with Crippen molar-refractivity contribution in [3.63, 3.8) is 0 Å². The van der Waals surface area contributed by atoms with Gasteiger partial charge in [0.25, 0.3) is 5.91 Å². The number of nitrogens with zero attached hydrogens (tertiary/aromatic N) is 1. The second-order valence-corrected chi connectivity index (χ2v) is 7.08. The van der Waals surface area contributed by atoms with Gasteiger partial charge in [0.1, 0.15) is 5.69 Å². The van der Waals surface area contributed by atoms with Crippen LogP contribution in [0.5, 0.6) is 0 Å².